The maximum absolute atomic E-state index is 9.46. The zero-order valence-electron chi connectivity index (χ0n) is 5.91. The monoisotopic (exact) mass is 308 g/mol. The molecule has 1 aromatic carbocycles. The number of aromatic hydroxyl groups is 1. The number of rotatable bonds is 0. The summed E-state index contributed by atoms with van der Waals surface area (Å²) in [6, 6.07) is 3.69. The Morgan fingerprint density at radius 2 is 2.25 bits per heavy atom. The van der Waals surface area contributed by atoms with Gasteiger partial charge in [-0.3, -0.25) is 0 Å². The fraction of sp³-hybridized carbons (Fsp3) is 0. The second kappa shape index (κ2) is 3.08. The largest absolute Gasteiger partial charge is 0.507 e. The number of thiol groups is 1. The molecule has 62 valence electrons. The van der Waals surface area contributed by atoms with Crippen molar-refractivity contribution in [1.82, 2.24) is 0 Å². The van der Waals surface area contributed by atoms with Gasteiger partial charge >= 0.3 is 0 Å². The van der Waals surface area contributed by atoms with Gasteiger partial charge in [-0.2, -0.15) is 0 Å². The lowest BCUT2D eigenvalue weighted by atomic mass is 10.2. The van der Waals surface area contributed by atoms with Crippen molar-refractivity contribution in [3.05, 3.63) is 21.1 Å². The van der Waals surface area contributed by atoms with E-state index in [4.69, 9.17) is 0 Å². The second-order valence-electron chi connectivity index (χ2n) is 2.39. The average molecular weight is 308 g/mol. The Bertz CT molecular complexity index is 436. The molecule has 4 heteroatoms. The number of halogens is 1. The molecular weight excluding hydrogens is 303 g/mol. The van der Waals surface area contributed by atoms with Crippen molar-refractivity contribution in [2.24, 2.45) is 0 Å². The van der Waals surface area contributed by atoms with Crippen LogP contribution in [-0.2, 0) is 0 Å². The normalized spacial score (nSPS) is 10.8. The molecule has 0 saturated heterocycles. The van der Waals surface area contributed by atoms with Crippen molar-refractivity contribution in [1.29, 1.82) is 0 Å². The van der Waals surface area contributed by atoms with E-state index in [1.807, 2.05) is 11.4 Å². The van der Waals surface area contributed by atoms with E-state index in [1.54, 1.807) is 17.4 Å². The van der Waals surface area contributed by atoms with Crippen LogP contribution in [0.4, 0.5) is 0 Å². The third-order valence-corrected chi connectivity index (χ3v) is 4.22. The summed E-state index contributed by atoms with van der Waals surface area (Å²) in [5.41, 5.74) is 0. The molecule has 2 rings (SSSR count). The summed E-state index contributed by atoms with van der Waals surface area (Å²) in [6.07, 6.45) is 0. The predicted molar refractivity (Wildman–Crippen MR) is 63.5 cm³/mol. The number of phenols is 1. The fourth-order valence-corrected chi connectivity index (χ4v) is 3.08. The standard InChI is InChI=1S/C8H5IOS2/c9-7-4-1-2-12-8(4)6(11)3-5(7)10/h1-3,10-11H. The van der Waals surface area contributed by atoms with Crippen molar-refractivity contribution in [2.45, 2.75) is 4.90 Å². The van der Waals surface area contributed by atoms with Crippen LogP contribution >= 0.6 is 46.6 Å². The Morgan fingerprint density at radius 3 is 3.00 bits per heavy atom. The highest BCUT2D eigenvalue weighted by molar-refractivity contribution is 14.1. The van der Waals surface area contributed by atoms with Gasteiger partial charge in [0.25, 0.3) is 0 Å². The minimum absolute atomic E-state index is 0.312. The first-order valence-corrected chi connectivity index (χ1v) is 5.68. The number of thiophene rings is 1. The number of benzene rings is 1. The van der Waals surface area contributed by atoms with E-state index in [0.717, 1.165) is 18.6 Å². The number of hydrogen-bond acceptors (Lipinski definition) is 3. The Kier molecular flexibility index (Phi) is 2.22. The first-order chi connectivity index (χ1) is 5.70. The van der Waals surface area contributed by atoms with Gasteiger partial charge < -0.3 is 5.11 Å². The molecule has 1 heterocycles. The number of phenolic OH excluding ortho intramolecular Hbond substituents is 1. The highest BCUT2D eigenvalue weighted by atomic mass is 127. The predicted octanol–water partition coefficient (Wildman–Crippen LogP) is 3.50. The van der Waals surface area contributed by atoms with Crippen LogP contribution in [0.25, 0.3) is 10.1 Å². The van der Waals surface area contributed by atoms with Crippen LogP contribution < -0.4 is 0 Å². The lowest BCUT2D eigenvalue weighted by molar-refractivity contribution is 0.471. The molecule has 0 fully saturated rings. The van der Waals surface area contributed by atoms with E-state index < -0.39 is 0 Å². The van der Waals surface area contributed by atoms with E-state index in [9.17, 15) is 5.11 Å². The summed E-state index contributed by atoms with van der Waals surface area (Å²) in [4.78, 5) is 0.845. The molecule has 0 atom stereocenters. The van der Waals surface area contributed by atoms with E-state index in [1.165, 1.54) is 0 Å². The minimum Gasteiger partial charge on any atom is -0.507 e. The molecule has 0 saturated carbocycles. The summed E-state index contributed by atoms with van der Waals surface area (Å²) in [5.74, 6) is 0.312. The molecule has 0 amide bonds. The van der Waals surface area contributed by atoms with Crippen LogP contribution in [0, 0.1) is 3.57 Å². The van der Waals surface area contributed by atoms with Gasteiger partial charge in [0.2, 0.25) is 0 Å². The highest BCUT2D eigenvalue weighted by Gasteiger charge is 2.07. The van der Waals surface area contributed by atoms with Gasteiger partial charge in [-0.25, -0.2) is 0 Å². The summed E-state index contributed by atoms with van der Waals surface area (Å²) >= 11 is 8.06. The van der Waals surface area contributed by atoms with E-state index in [-0.39, 0.29) is 0 Å². The van der Waals surface area contributed by atoms with Gasteiger partial charge in [-0.15, -0.1) is 24.0 Å². The quantitative estimate of drug-likeness (QED) is 0.564. The molecule has 1 aromatic heterocycles. The highest BCUT2D eigenvalue weighted by Crippen LogP contribution is 2.36. The molecular formula is C8H5IOS2. The van der Waals surface area contributed by atoms with Gasteiger partial charge in [0.1, 0.15) is 5.75 Å². The maximum atomic E-state index is 9.46. The second-order valence-corrected chi connectivity index (χ2v) is 4.87. The zero-order chi connectivity index (χ0) is 8.72. The average Bonchev–Trinajstić information content (AvgIpc) is 2.48. The molecule has 2 aromatic rings. The first-order valence-electron chi connectivity index (χ1n) is 3.28. The Balaban J connectivity index is 2.97. The van der Waals surface area contributed by atoms with Crippen molar-refractivity contribution in [2.75, 3.05) is 0 Å². The van der Waals surface area contributed by atoms with Crippen molar-refractivity contribution >= 4 is 56.6 Å². The molecule has 1 nitrogen and oxygen atoms in total. The van der Waals surface area contributed by atoms with Crippen molar-refractivity contribution < 1.29 is 5.11 Å². The summed E-state index contributed by atoms with van der Waals surface area (Å²) in [7, 11) is 0. The fourth-order valence-electron chi connectivity index (χ4n) is 1.08. The molecule has 0 aliphatic heterocycles. The molecule has 12 heavy (non-hydrogen) atoms. The van der Waals surface area contributed by atoms with Crippen molar-refractivity contribution in [3.8, 4) is 5.75 Å². The summed E-state index contributed by atoms with van der Waals surface area (Å²) in [5, 5.41) is 12.6. The smallest absolute Gasteiger partial charge is 0.130 e. The molecule has 0 spiro atoms. The van der Waals surface area contributed by atoms with E-state index in [2.05, 4.69) is 35.2 Å². The lowest BCUT2D eigenvalue weighted by Gasteiger charge is -2.00. The third-order valence-electron chi connectivity index (χ3n) is 1.63. The van der Waals surface area contributed by atoms with Crippen molar-refractivity contribution in [3.63, 3.8) is 0 Å². The van der Waals surface area contributed by atoms with Gasteiger partial charge in [0.05, 0.1) is 3.57 Å². The van der Waals surface area contributed by atoms with Crippen LogP contribution in [0.5, 0.6) is 5.75 Å². The van der Waals surface area contributed by atoms with Crippen LogP contribution in [0.15, 0.2) is 22.4 Å². The summed E-state index contributed by atoms with van der Waals surface area (Å²) < 4.78 is 2.04. The lowest BCUT2D eigenvalue weighted by Crippen LogP contribution is -1.75. The topological polar surface area (TPSA) is 20.2 Å². The third kappa shape index (κ3) is 1.22. The Labute approximate surface area is 93.0 Å². The molecule has 1 N–H and O–H groups in total. The van der Waals surface area contributed by atoms with E-state index in [0.29, 0.717) is 5.75 Å². The van der Waals surface area contributed by atoms with Gasteiger partial charge in [-0.1, -0.05) is 0 Å². The maximum Gasteiger partial charge on any atom is 0.130 e. The SMILES string of the molecule is Oc1cc(S)c2sccc2c1I. The first kappa shape index (κ1) is 8.65. The van der Waals surface area contributed by atoms with Crippen LogP contribution in [-0.4, -0.2) is 5.11 Å². The van der Waals surface area contributed by atoms with Crippen LogP contribution in [0.2, 0.25) is 0 Å². The molecule has 0 radical (unpaired) electrons. The van der Waals surface area contributed by atoms with Crippen LogP contribution in [0.3, 0.4) is 0 Å². The number of fused-ring (bicyclic) bond motifs is 1. The molecule has 0 unspecified atom stereocenters. The minimum atomic E-state index is 0.312. The Hall–Kier alpha value is 0.0600. The summed E-state index contributed by atoms with van der Waals surface area (Å²) in [6.45, 7) is 0. The molecule has 0 aliphatic rings. The Morgan fingerprint density at radius 1 is 1.50 bits per heavy atom. The zero-order valence-corrected chi connectivity index (χ0v) is 9.78. The van der Waals surface area contributed by atoms with Gasteiger partial charge in [0, 0.05) is 15.0 Å². The van der Waals surface area contributed by atoms with Crippen LogP contribution in [0.1, 0.15) is 0 Å². The van der Waals surface area contributed by atoms with Gasteiger partial charge in [-0.05, 0) is 40.1 Å². The number of hydrogen-bond donors (Lipinski definition) is 2. The molecule has 0 aliphatic carbocycles. The van der Waals surface area contributed by atoms with E-state index >= 15 is 0 Å². The molecule has 0 bridgehead atoms. The van der Waals surface area contributed by atoms with Gasteiger partial charge in [0.15, 0.2) is 0 Å².